The van der Waals surface area contributed by atoms with Gasteiger partial charge in [-0.05, 0) is 69.1 Å². The minimum atomic E-state index is -1.20. The molecule has 7 nitrogen and oxygen atoms in total. The van der Waals surface area contributed by atoms with Gasteiger partial charge in [-0.1, -0.05) is 0 Å². The van der Waals surface area contributed by atoms with Crippen LogP contribution in [0.5, 0.6) is 0 Å². The molecule has 6 rings (SSSR count). The van der Waals surface area contributed by atoms with Crippen LogP contribution in [0.25, 0.3) is 0 Å². The summed E-state index contributed by atoms with van der Waals surface area (Å²) in [5, 5.41) is 32.4. The first-order valence-electron chi connectivity index (χ1n) is 9.76. The zero-order chi connectivity index (χ0) is 18.3. The maximum Gasteiger partial charge on any atom is 0.405 e. The molecule has 0 spiro atoms. The van der Waals surface area contributed by atoms with Crippen molar-refractivity contribution in [2.24, 2.45) is 23.2 Å². The predicted molar refractivity (Wildman–Crippen MR) is 89.8 cm³/mol. The van der Waals surface area contributed by atoms with Crippen LogP contribution in [0.4, 0.5) is 4.79 Å². The van der Waals surface area contributed by atoms with Crippen molar-refractivity contribution in [2.45, 2.75) is 75.1 Å². The number of piperidine rings is 1. The van der Waals surface area contributed by atoms with Gasteiger partial charge in [-0.3, -0.25) is 4.79 Å². The topological polar surface area (TPSA) is 114 Å². The lowest BCUT2D eigenvalue weighted by Gasteiger charge is -2.62. The fourth-order valence-corrected chi connectivity index (χ4v) is 7.26. The molecule has 6 aliphatic rings. The first-order valence-corrected chi connectivity index (χ1v) is 9.76. The summed E-state index contributed by atoms with van der Waals surface area (Å²) in [4.78, 5) is 26.7. The highest BCUT2D eigenvalue weighted by atomic mass is 16.4. The Morgan fingerprint density at radius 2 is 1.85 bits per heavy atom. The van der Waals surface area contributed by atoms with Gasteiger partial charge >= 0.3 is 6.09 Å². The first kappa shape index (κ1) is 16.4. The largest absolute Gasteiger partial charge is 0.465 e. The molecule has 0 aromatic heterocycles. The Bertz CT molecular complexity index is 702. The molecular formula is C19H25N3O4. The number of fused-ring (bicyclic) bond motifs is 1. The van der Waals surface area contributed by atoms with Crippen LogP contribution >= 0.6 is 0 Å². The molecule has 140 valence electrons. The van der Waals surface area contributed by atoms with Gasteiger partial charge in [0.05, 0.1) is 11.7 Å². The molecule has 6 fully saturated rings. The summed E-state index contributed by atoms with van der Waals surface area (Å²) in [6, 6.07) is 1.03. The Kier molecular flexibility index (Phi) is 3.23. The molecule has 0 aromatic rings. The Balaban J connectivity index is 1.49. The fraction of sp³-hybridized carbons (Fsp3) is 0.842. The Morgan fingerprint density at radius 3 is 2.42 bits per heavy atom. The van der Waals surface area contributed by atoms with Crippen LogP contribution in [-0.4, -0.2) is 50.8 Å². The zero-order valence-corrected chi connectivity index (χ0v) is 14.7. The van der Waals surface area contributed by atoms with Gasteiger partial charge in [0.15, 0.2) is 0 Å². The van der Waals surface area contributed by atoms with E-state index < -0.39 is 29.2 Å². The van der Waals surface area contributed by atoms with E-state index in [9.17, 15) is 25.1 Å². The molecule has 3 unspecified atom stereocenters. The molecule has 4 bridgehead atoms. The summed E-state index contributed by atoms with van der Waals surface area (Å²) < 4.78 is 0. The van der Waals surface area contributed by atoms with Gasteiger partial charge in [0.25, 0.3) is 0 Å². The van der Waals surface area contributed by atoms with Gasteiger partial charge in [0, 0.05) is 11.5 Å². The number of carboxylic acid groups (broad SMARTS) is 1. The molecule has 1 saturated heterocycles. The second-order valence-corrected chi connectivity index (χ2v) is 9.62. The molecule has 3 N–H and O–H groups in total. The summed E-state index contributed by atoms with van der Waals surface area (Å²) in [6.07, 6.45) is 5.12. The van der Waals surface area contributed by atoms with Crippen molar-refractivity contribution in [1.82, 2.24) is 10.2 Å². The fourth-order valence-electron chi connectivity index (χ4n) is 7.26. The van der Waals surface area contributed by atoms with E-state index in [0.717, 1.165) is 38.5 Å². The number of carbonyl (C=O) groups is 2. The van der Waals surface area contributed by atoms with Crippen molar-refractivity contribution in [3.63, 3.8) is 0 Å². The molecule has 0 radical (unpaired) electrons. The van der Waals surface area contributed by atoms with E-state index in [0.29, 0.717) is 30.6 Å². The Labute approximate surface area is 152 Å². The minimum Gasteiger partial charge on any atom is -0.465 e. The van der Waals surface area contributed by atoms with Crippen molar-refractivity contribution in [3.05, 3.63) is 0 Å². The van der Waals surface area contributed by atoms with Crippen molar-refractivity contribution in [2.75, 3.05) is 0 Å². The van der Waals surface area contributed by atoms with E-state index in [-0.39, 0.29) is 11.9 Å². The molecule has 5 aliphatic carbocycles. The number of hydrogen-bond donors (Lipinski definition) is 3. The average Bonchev–Trinajstić information content (AvgIpc) is 3.19. The van der Waals surface area contributed by atoms with Gasteiger partial charge in [0.1, 0.15) is 12.1 Å². The lowest BCUT2D eigenvalue weighted by Crippen LogP contribution is -2.66. The van der Waals surface area contributed by atoms with Gasteiger partial charge in [-0.25, -0.2) is 4.79 Å². The molecule has 1 heterocycles. The Morgan fingerprint density at radius 1 is 1.15 bits per heavy atom. The quantitative estimate of drug-likeness (QED) is 0.706. The van der Waals surface area contributed by atoms with Crippen molar-refractivity contribution in [3.8, 4) is 6.07 Å². The molecule has 26 heavy (non-hydrogen) atoms. The summed E-state index contributed by atoms with van der Waals surface area (Å²) in [5.74, 6) is 0.890. The molecule has 7 heteroatoms. The number of aliphatic hydroxyl groups is 1. The number of nitrogens with zero attached hydrogens (tertiary/aromatic N) is 2. The number of hydrogen-bond acceptors (Lipinski definition) is 4. The number of nitriles is 1. The van der Waals surface area contributed by atoms with Gasteiger partial charge in [-0.2, -0.15) is 5.26 Å². The third-order valence-corrected chi connectivity index (χ3v) is 7.71. The van der Waals surface area contributed by atoms with Crippen molar-refractivity contribution < 1.29 is 19.8 Å². The van der Waals surface area contributed by atoms with Crippen LogP contribution < -0.4 is 5.32 Å². The van der Waals surface area contributed by atoms with E-state index in [4.69, 9.17) is 0 Å². The van der Waals surface area contributed by atoms with Crippen LogP contribution in [0, 0.1) is 34.5 Å². The van der Waals surface area contributed by atoms with Crippen LogP contribution in [0.15, 0.2) is 0 Å². The van der Waals surface area contributed by atoms with Crippen LogP contribution in [0.1, 0.15) is 51.4 Å². The third kappa shape index (κ3) is 2.27. The van der Waals surface area contributed by atoms with Crippen molar-refractivity contribution in [1.29, 1.82) is 5.26 Å². The number of amides is 2. The van der Waals surface area contributed by atoms with Crippen LogP contribution in [-0.2, 0) is 4.79 Å². The summed E-state index contributed by atoms with van der Waals surface area (Å²) in [5.41, 5.74) is -1.27. The van der Waals surface area contributed by atoms with Crippen LogP contribution in [0.2, 0.25) is 0 Å². The average molecular weight is 359 g/mol. The van der Waals surface area contributed by atoms with Gasteiger partial charge in [0.2, 0.25) is 5.91 Å². The molecule has 0 aromatic carbocycles. The van der Waals surface area contributed by atoms with E-state index in [1.807, 2.05) is 0 Å². The lowest BCUT2D eigenvalue weighted by atomic mass is 9.46. The molecule has 8 atom stereocenters. The normalized spacial score (nSPS) is 48.6. The Hall–Kier alpha value is -1.81. The first-order chi connectivity index (χ1) is 12.3. The number of rotatable bonds is 3. The lowest BCUT2D eigenvalue weighted by molar-refractivity contribution is -0.180. The predicted octanol–water partition coefficient (Wildman–Crippen LogP) is 1.47. The minimum absolute atomic E-state index is 0.0993. The zero-order valence-electron chi connectivity index (χ0n) is 14.7. The molecule has 5 saturated carbocycles. The number of carbonyl (C=O) groups excluding carboxylic acids is 1. The van der Waals surface area contributed by atoms with E-state index in [1.165, 1.54) is 0 Å². The highest BCUT2D eigenvalue weighted by molar-refractivity contribution is 5.88. The number of nitrogens with one attached hydrogen (secondary N) is 1. The summed E-state index contributed by atoms with van der Waals surface area (Å²) >= 11 is 0. The van der Waals surface area contributed by atoms with E-state index in [1.54, 1.807) is 4.90 Å². The summed E-state index contributed by atoms with van der Waals surface area (Å²) in [6.45, 7) is 0. The van der Waals surface area contributed by atoms with Crippen molar-refractivity contribution >= 4 is 12.0 Å². The maximum absolute atomic E-state index is 13.5. The second-order valence-electron chi connectivity index (χ2n) is 9.62. The molecule has 1 aliphatic heterocycles. The smallest absolute Gasteiger partial charge is 0.405 e. The molecule has 2 amide bonds. The van der Waals surface area contributed by atoms with Crippen LogP contribution in [0.3, 0.4) is 0 Å². The van der Waals surface area contributed by atoms with E-state index in [2.05, 4.69) is 11.4 Å². The monoisotopic (exact) mass is 359 g/mol. The molecular weight excluding hydrogens is 334 g/mol. The van der Waals surface area contributed by atoms with Gasteiger partial charge < -0.3 is 20.4 Å². The van der Waals surface area contributed by atoms with E-state index >= 15 is 0 Å². The highest BCUT2D eigenvalue weighted by Crippen LogP contribution is 2.63. The summed E-state index contributed by atoms with van der Waals surface area (Å²) in [7, 11) is 0. The SMILES string of the molecule is N#C[C@@H]1C[C@@H]2C[C@@H]2N1C(=O)[C@@H](NC(=O)O)C12CC3C[C@H](CC(O)(C3)C1)C2. The third-order valence-electron chi connectivity index (χ3n) is 7.71. The standard InChI is InChI=1S/C19H25N3O4/c20-8-13-2-12-3-14(12)22(13)16(23)15(21-17(24)25)18-4-10-1-11(5-18)7-19(26,6-10)9-18/h10-15,21,26H,1-7,9H2,(H,24,25)/t10-,11?,12+,13-,14-,15+,18?,19?/m0/s1. The highest BCUT2D eigenvalue weighted by Gasteiger charge is 2.63. The van der Waals surface area contributed by atoms with Gasteiger partial charge in [-0.15, -0.1) is 0 Å². The number of likely N-dealkylation sites (tertiary alicyclic amines) is 1. The maximum atomic E-state index is 13.5. The second kappa shape index (κ2) is 5.13.